The lowest BCUT2D eigenvalue weighted by Crippen LogP contribution is -2.60. The molecule has 1 unspecified atom stereocenters. The Morgan fingerprint density at radius 2 is 2.19 bits per heavy atom. The zero-order valence-electron chi connectivity index (χ0n) is 9.85. The van der Waals surface area contributed by atoms with Crippen LogP contribution in [0.3, 0.4) is 0 Å². The fourth-order valence-corrected chi connectivity index (χ4v) is 2.92. The second kappa shape index (κ2) is 4.31. The summed E-state index contributed by atoms with van der Waals surface area (Å²) in [5.41, 5.74) is -1.36. The molecule has 0 aromatic carbocycles. The first-order chi connectivity index (χ1) is 7.26. The molecule has 0 radical (unpaired) electrons. The van der Waals surface area contributed by atoms with E-state index in [1.165, 1.54) is 7.11 Å². The van der Waals surface area contributed by atoms with E-state index in [9.17, 15) is 9.00 Å². The maximum atomic E-state index is 11.5. The van der Waals surface area contributed by atoms with Crippen LogP contribution in [0.4, 0.5) is 4.79 Å². The van der Waals surface area contributed by atoms with Crippen LogP contribution >= 0.6 is 0 Å². The zero-order valence-corrected chi connectivity index (χ0v) is 10.7. The third kappa shape index (κ3) is 1.94. The number of methoxy groups -OCH3 is 1. The molecule has 1 fully saturated rings. The highest BCUT2D eigenvalue weighted by molar-refractivity contribution is 7.78. The number of hydrogen-bond donors (Lipinski definition) is 1. The maximum Gasteiger partial charge on any atom is 0.421 e. The van der Waals surface area contributed by atoms with Crippen LogP contribution in [-0.2, 0) is 20.2 Å². The van der Waals surface area contributed by atoms with Gasteiger partial charge >= 0.3 is 6.09 Å². The number of ether oxygens (including phenoxy) is 1. The van der Waals surface area contributed by atoms with Gasteiger partial charge in [-0.05, 0) is 5.41 Å². The van der Waals surface area contributed by atoms with Gasteiger partial charge in [0.2, 0.25) is 0 Å². The van der Waals surface area contributed by atoms with Gasteiger partial charge in [0.25, 0.3) is 11.3 Å². The van der Waals surface area contributed by atoms with E-state index in [4.69, 9.17) is 14.0 Å². The first kappa shape index (κ1) is 13.4. The molecule has 1 rings (SSSR count). The molecule has 7 heteroatoms. The smallest absolute Gasteiger partial charge is 0.421 e. The Balaban J connectivity index is 3.19. The molecular formula is C9H17NO5S. The van der Waals surface area contributed by atoms with E-state index < -0.39 is 28.3 Å². The van der Waals surface area contributed by atoms with Gasteiger partial charge < -0.3 is 9.84 Å². The van der Waals surface area contributed by atoms with Gasteiger partial charge in [0.15, 0.2) is 0 Å². The van der Waals surface area contributed by atoms with Crippen molar-refractivity contribution in [3.8, 4) is 0 Å². The monoisotopic (exact) mass is 251 g/mol. The minimum absolute atomic E-state index is 0.0727. The van der Waals surface area contributed by atoms with Crippen molar-refractivity contribution in [2.45, 2.75) is 26.3 Å². The van der Waals surface area contributed by atoms with Crippen LogP contribution < -0.4 is 0 Å². The van der Waals surface area contributed by atoms with Crippen LogP contribution in [0.15, 0.2) is 0 Å². The van der Waals surface area contributed by atoms with Gasteiger partial charge in [-0.25, -0.2) is 9.00 Å². The quantitative estimate of drug-likeness (QED) is 0.792. The number of hydrogen-bond acceptors (Lipinski definition) is 4. The van der Waals surface area contributed by atoms with Crippen LogP contribution in [-0.4, -0.2) is 45.6 Å². The predicted molar refractivity (Wildman–Crippen MR) is 58.0 cm³/mol. The molecular weight excluding hydrogens is 234 g/mol. The van der Waals surface area contributed by atoms with Gasteiger partial charge in [0.05, 0.1) is 13.2 Å². The van der Waals surface area contributed by atoms with Gasteiger partial charge in [-0.1, -0.05) is 20.8 Å². The SMILES string of the molecule is COC[C@@]1(C(C)(C)C)COS(=O)N1C(=O)O. The average Bonchev–Trinajstić information content (AvgIpc) is 2.43. The van der Waals surface area contributed by atoms with Crippen molar-refractivity contribution >= 4 is 17.4 Å². The summed E-state index contributed by atoms with van der Waals surface area (Å²) in [5.74, 6) is 0. The van der Waals surface area contributed by atoms with E-state index in [0.29, 0.717) is 0 Å². The molecule has 1 aliphatic rings. The van der Waals surface area contributed by atoms with Crippen molar-refractivity contribution in [1.82, 2.24) is 4.31 Å². The van der Waals surface area contributed by atoms with E-state index in [0.717, 1.165) is 4.31 Å². The third-order valence-electron chi connectivity index (χ3n) is 2.89. The molecule has 0 aromatic rings. The minimum atomic E-state index is -1.95. The van der Waals surface area contributed by atoms with Crippen LogP contribution in [0.2, 0.25) is 0 Å². The fraction of sp³-hybridized carbons (Fsp3) is 0.889. The van der Waals surface area contributed by atoms with Crippen molar-refractivity contribution in [3.05, 3.63) is 0 Å². The molecule has 0 bridgehead atoms. The second-order valence-electron chi connectivity index (χ2n) is 4.77. The molecule has 0 aliphatic carbocycles. The molecule has 1 saturated heterocycles. The summed E-state index contributed by atoms with van der Waals surface area (Å²) in [6.45, 7) is 5.83. The number of carboxylic acid groups (broad SMARTS) is 1. The van der Waals surface area contributed by atoms with Crippen LogP contribution in [0.1, 0.15) is 20.8 Å². The largest absolute Gasteiger partial charge is 0.464 e. The standard InChI is InChI=1S/C9H17NO5S/c1-8(2,3)9(5-14-4)6-15-16(13)10(9)7(11)12/h5-6H2,1-4H3,(H,11,12)/t9-,16?/m0/s1. The summed E-state index contributed by atoms with van der Waals surface area (Å²) >= 11 is -1.95. The summed E-state index contributed by atoms with van der Waals surface area (Å²) in [4.78, 5) is 11.1. The lowest BCUT2D eigenvalue weighted by Gasteiger charge is -2.42. The summed E-state index contributed by atoms with van der Waals surface area (Å²) in [6.07, 6.45) is -1.26. The Kier molecular flexibility index (Phi) is 3.61. The maximum absolute atomic E-state index is 11.5. The summed E-state index contributed by atoms with van der Waals surface area (Å²) in [7, 11) is 1.48. The molecule has 0 saturated carbocycles. The normalized spacial score (nSPS) is 30.8. The first-order valence-electron chi connectivity index (χ1n) is 4.83. The Hall–Kier alpha value is -0.660. The van der Waals surface area contributed by atoms with Crippen LogP contribution in [0.5, 0.6) is 0 Å². The molecule has 1 aliphatic heterocycles. The Bertz CT molecular complexity index is 314. The first-order valence-corrected chi connectivity index (χ1v) is 5.87. The lowest BCUT2D eigenvalue weighted by atomic mass is 9.74. The molecule has 2 atom stereocenters. The molecule has 1 heterocycles. The summed E-state index contributed by atoms with van der Waals surface area (Å²) in [6, 6.07) is 0. The lowest BCUT2D eigenvalue weighted by molar-refractivity contribution is -0.0105. The van der Waals surface area contributed by atoms with E-state index in [1.54, 1.807) is 0 Å². The highest BCUT2D eigenvalue weighted by Crippen LogP contribution is 2.41. The average molecular weight is 251 g/mol. The van der Waals surface area contributed by atoms with Crippen molar-refractivity contribution in [2.24, 2.45) is 5.41 Å². The minimum Gasteiger partial charge on any atom is -0.464 e. The van der Waals surface area contributed by atoms with E-state index >= 15 is 0 Å². The van der Waals surface area contributed by atoms with Crippen LogP contribution in [0, 0.1) is 5.41 Å². The van der Waals surface area contributed by atoms with Gasteiger partial charge in [-0.2, -0.15) is 4.31 Å². The fourth-order valence-electron chi connectivity index (χ4n) is 1.73. The predicted octanol–water partition coefficient (Wildman–Crippen LogP) is 1.01. The third-order valence-corrected chi connectivity index (χ3v) is 4.01. The Morgan fingerprint density at radius 3 is 2.56 bits per heavy atom. The molecule has 0 aromatic heterocycles. The van der Waals surface area contributed by atoms with Crippen molar-refractivity contribution in [3.63, 3.8) is 0 Å². The summed E-state index contributed by atoms with van der Waals surface area (Å²) in [5, 5.41) is 9.11. The van der Waals surface area contributed by atoms with Gasteiger partial charge in [0, 0.05) is 7.11 Å². The highest BCUT2D eigenvalue weighted by Gasteiger charge is 2.57. The van der Waals surface area contributed by atoms with Gasteiger partial charge in [0.1, 0.15) is 5.54 Å². The van der Waals surface area contributed by atoms with E-state index in [1.807, 2.05) is 20.8 Å². The van der Waals surface area contributed by atoms with Gasteiger partial charge in [-0.15, -0.1) is 0 Å². The number of nitrogens with zero attached hydrogens (tertiary/aromatic N) is 1. The zero-order chi connectivity index (χ0) is 12.6. The molecule has 94 valence electrons. The molecule has 16 heavy (non-hydrogen) atoms. The van der Waals surface area contributed by atoms with E-state index in [2.05, 4.69) is 0 Å². The van der Waals surface area contributed by atoms with Crippen molar-refractivity contribution < 1.29 is 23.0 Å². The number of amides is 1. The highest BCUT2D eigenvalue weighted by atomic mass is 32.2. The molecule has 1 amide bonds. The van der Waals surface area contributed by atoms with E-state index in [-0.39, 0.29) is 13.2 Å². The molecule has 1 N–H and O–H groups in total. The summed E-state index contributed by atoms with van der Waals surface area (Å²) < 4.78 is 22.4. The van der Waals surface area contributed by atoms with Crippen molar-refractivity contribution in [1.29, 1.82) is 0 Å². The van der Waals surface area contributed by atoms with Gasteiger partial charge in [-0.3, -0.25) is 4.18 Å². The number of rotatable bonds is 2. The molecule has 0 spiro atoms. The van der Waals surface area contributed by atoms with Crippen molar-refractivity contribution in [2.75, 3.05) is 20.3 Å². The molecule has 6 nitrogen and oxygen atoms in total. The second-order valence-corrected chi connectivity index (χ2v) is 5.81. The topological polar surface area (TPSA) is 76.1 Å². The Morgan fingerprint density at radius 1 is 1.62 bits per heavy atom. The Labute approximate surface area is 97.3 Å². The number of carbonyl (C=O) groups is 1. The van der Waals surface area contributed by atoms with Crippen LogP contribution in [0.25, 0.3) is 0 Å².